The predicted molar refractivity (Wildman–Crippen MR) is 86.8 cm³/mol. The highest BCUT2D eigenvalue weighted by atomic mass is 15.1. The maximum atomic E-state index is 6.06. The van der Waals surface area contributed by atoms with Crippen LogP contribution in [0, 0.1) is 0 Å². The van der Waals surface area contributed by atoms with Gasteiger partial charge in [0, 0.05) is 24.8 Å². The summed E-state index contributed by atoms with van der Waals surface area (Å²) in [5.74, 6) is 0. The van der Waals surface area contributed by atoms with Crippen molar-refractivity contribution in [2.45, 2.75) is 32.9 Å². The highest BCUT2D eigenvalue weighted by Gasteiger charge is 2.07. The van der Waals surface area contributed by atoms with Gasteiger partial charge in [0.05, 0.1) is 0 Å². The molecule has 1 atom stereocenters. The van der Waals surface area contributed by atoms with Gasteiger partial charge in [0.2, 0.25) is 0 Å². The first-order chi connectivity index (χ1) is 9.74. The van der Waals surface area contributed by atoms with Gasteiger partial charge < -0.3 is 10.6 Å². The van der Waals surface area contributed by atoms with Crippen molar-refractivity contribution in [3.05, 3.63) is 65.7 Å². The third-order valence-corrected chi connectivity index (χ3v) is 3.72. The molecule has 0 aromatic heterocycles. The standard InChI is InChI=1S/C18H24N2/c1-3-18(19)16-10-12-17(13-11-16)20(4-2)14-15-8-6-5-7-9-15/h5-13,18H,3-4,14,19H2,1-2H3/t18-/m1/s1. The van der Waals surface area contributed by atoms with Gasteiger partial charge >= 0.3 is 0 Å². The Morgan fingerprint density at radius 3 is 2.15 bits per heavy atom. The smallest absolute Gasteiger partial charge is 0.0429 e. The fourth-order valence-corrected chi connectivity index (χ4v) is 2.36. The van der Waals surface area contributed by atoms with Crippen LogP contribution in [0.5, 0.6) is 0 Å². The molecule has 0 fully saturated rings. The molecule has 2 nitrogen and oxygen atoms in total. The number of hydrogen-bond donors (Lipinski definition) is 1. The van der Waals surface area contributed by atoms with Crippen molar-refractivity contribution in [2.24, 2.45) is 5.73 Å². The average molecular weight is 268 g/mol. The van der Waals surface area contributed by atoms with Gasteiger partial charge in [0.25, 0.3) is 0 Å². The zero-order valence-electron chi connectivity index (χ0n) is 12.4. The lowest BCUT2D eigenvalue weighted by atomic mass is 10.0. The van der Waals surface area contributed by atoms with E-state index < -0.39 is 0 Å². The maximum absolute atomic E-state index is 6.06. The highest BCUT2D eigenvalue weighted by molar-refractivity contribution is 5.48. The van der Waals surface area contributed by atoms with Crippen molar-refractivity contribution in [3.8, 4) is 0 Å². The summed E-state index contributed by atoms with van der Waals surface area (Å²) in [6.45, 7) is 6.24. The topological polar surface area (TPSA) is 29.3 Å². The summed E-state index contributed by atoms with van der Waals surface area (Å²) in [7, 11) is 0. The minimum absolute atomic E-state index is 0.147. The zero-order chi connectivity index (χ0) is 14.4. The van der Waals surface area contributed by atoms with Crippen LogP contribution < -0.4 is 10.6 Å². The van der Waals surface area contributed by atoms with E-state index in [4.69, 9.17) is 5.73 Å². The molecule has 0 bridgehead atoms. The number of hydrogen-bond acceptors (Lipinski definition) is 2. The molecule has 106 valence electrons. The molecule has 0 aliphatic rings. The third kappa shape index (κ3) is 3.61. The predicted octanol–water partition coefficient (Wildman–Crippen LogP) is 4.12. The van der Waals surface area contributed by atoms with E-state index in [9.17, 15) is 0 Å². The molecule has 0 radical (unpaired) electrons. The summed E-state index contributed by atoms with van der Waals surface area (Å²) < 4.78 is 0. The second-order valence-corrected chi connectivity index (χ2v) is 5.11. The molecule has 20 heavy (non-hydrogen) atoms. The monoisotopic (exact) mass is 268 g/mol. The van der Waals surface area contributed by atoms with Crippen molar-refractivity contribution in [1.82, 2.24) is 0 Å². The first kappa shape index (κ1) is 14.6. The lowest BCUT2D eigenvalue weighted by molar-refractivity contribution is 0.698. The Morgan fingerprint density at radius 2 is 1.60 bits per heavy atom. The largest absolute Gasteiger partial charge is 0.367 e. The van der Waals surface area contributed by atoms with Crippen LogP contribution in [0.2, 0.25) is 0 Å². The molecule has 0 saturated heterocycles. The molecule has 0 aliphatic carbocycles. The first-order valence-corrected chi connectivity index (χ1v) is 7.39. The fraction of sp³-hybridized carbons (Fsp3) is 0.333. The average Bonchev–Trinajstić information content (AvgIpc) is 2.53. The van der Waals surface area contributed by atoms with Crippen LogP contribution in [0.25, 0.3) is 0 Å². The summed E-state index contributed by atoms with van der Waals surface area (Å²) >= 11 is 0. The molecule has 2 heteroatoms. The molecule has 0 aliphatic heterocycles. The quantitative estimate of drug-likeness (QED) is 0.853. The molecular formula is C18H24N2. The number of nitrogens with zero attached hydrogens (tertiary/aromatic N) is 1. The van der Waals surface area contributed by atoms with Crippen LogP contribution in [0.4, 0.5) is 5.69 Å². The Kier molecular flexibility index (Phi) is 5.19. The van der Waals surface area contributed by atoms with Crippen LogP contribution in [-0.2, 0) is 6.54 Å². The molecular weight excluding hydrogens is 244 g/mol. The number of anilines is 1. The number of nitrogens with two attached hydrogens (primary N) is 1. The molecule has 2 N–H and O–H groups in total. The number of rotatable bonds is 6. The Morgan fingerprint density at radius 1 is 0.950 bits per heavy atom. The van der Waals surface area contributed by atoms with Crippen LogP contribution in [0.15, 0.2) is 54.6 Å². The van der Waals surface area contributed by atoms with Gasteiger partial charge in [-0.3, -0.25) is 0 Å². The maximum Gasteiger partial charge on any atom is 0.0429 e. The van der Waals surface area contributed by atoms with E-state index in [0.29, 0.717) is 0 Å². The summed E-state index contributed by atoms with van der Waals surface area (Å²) in [4.78, 5) is 2.37. The van der Waals surface area contributed by atoms with Crippen molar-refractivity contribution in [2.75, 3.05) is 11.4 Å². The normalized spacial score (nSPS) is 12.2. The van der Waals surface area contributed by atoms with E-state index >= 15 is 0 Å². The van der Waals surface area contributed by atoms with Crippen molar-refractivity contribution in [3.63, 3.8) is 0 Å². The molecule has 0 saturated carbocycles. The van der Waals surface area contributed by atoms with Gasteiger partial charge in [-0.05, 0) is 36.6 Å². The molecule has 2 aromatic rings. The van der Waals surface area contributed by atoms with Gasteiger partial charge in [-0.15, -0.1) is 0 Å². The Hall–Kier alpha value is -1.80. The van der Waals surface area contributed by atoms with E-state index in [1.54, 1.807) is 0 Å². The molecule has 0 heterocycles. The van der Waals surface area contributed by atoms with Gasteiger partial charge in [-0.1, -0.05) is 49.4 Å². The molecule has 2 aromatic carbocycles. The van der Waals surface area contributed by atoms with Crippen LogP contribution in [0.1, 0.15) is 37.4 Å². The highest BCUT2D eigenvalue weighted by Crippen LogP contribution is 2.21. The van der Waals surface area contributed by atoms with Gasteiger partial charge in [0.1, 0.15) is 0 Å². The Bertz CT molecular complexity index is 505. The Balaban J connectivity index is 2.11. The number of benzene rings is 2. The van der Waals surface area contributed by atoms with Crippen LogP contribution >= 0.6 is 0 Å². The second kappa shape index (κ2) is 7.11. The SMILES string of the molecule is CC[C@@H](N)c1ccc(N(CC)Cc2ccccc2)cc1. The summed E-state index contributed by atoms with van der Waals surface area (Å²) in [6.07, 6.45) is 0.973. The van der Waals surface area contributed by atoms with Gasteiger partial charge in [-0.25, -0.2) is 0 Å². The van der Waals surface area contributed by atoms with Crippen LogP contribution in [-0.4, -0.2) is 6.54 Å². The fourth-order valence-electron chi connectivity index (χ4n) is 2.36. The van der Waals surface area contributed by atoms with E-state index in [1.165, 1.54) is 16.8 Å². The van der Waals surface area contributed by atoms with E-state index in [0.717, 1.165) is 19.5 Å². The summed E-state index contributed by atoms with van der Waals surface area (Å²) in [5.41, 5.74) is 9.87. The molecule has 0 amide bonds. The van der Waals surface area contributed by atoms with E-state index in [-0.39, 0.29) is 6.04 Å². The lowest BCUT2D eigenvalue weighted by Crippen LogP contribution is -2.22. The Labute approximate surface area is 122 Å². The zero-order valence-corrected chi connectivity index (χ0v) is 12.4. The van der Waals surface area contributed by atoms with Crippen LogP contribution in [0.3, 0.4) is 0 Å². The summed E-state index contributed by atoms with van der Waals surface area (Å²) in [6, 6.07) is 19.4. The van der Waals surface area contributed by atoms with Crippen molar-refractivity contribution < 1.29 is 0 Å². The second-order valence-electron chi connectivity index (χ2n) is 5.11. The first-order valence-electron chi connectivity index (χ1n) is 7.39. The van der Waals surface area contributed by atoms with E-state index in [2.05, 4.69) is 73.3 Å². The molecule has 0 spiro atoms. The minimum Gasteiger partial charge on any atom is -0.367 e. The van der Waals surface area contributed by atoms with Crippen molar-refractivity contribution >= 4 is 5.69 Å². The third-order valence-electron chi connectivity index (χ3n) is 3.72. The van der Waals surface area contributed by atoms with Gasteiger partial charge in [0.15, 0.2) is 0 Å². The summed E-state index contributed by atoms with van der Waals surface area (Å²) in [5, 5.41) is 0. The minimum atomic E-state index is 0.147. The lowest BCUT2D eigenvalue weighted by Gasteiger charge is -2.24. The van der Waals surface area contributed by atoms with Gasteiger partial charge in [-0.2, -0.15) is 0 Å². The molecule has 2 rings (SSSR count). The van der Waals surface area contributed by atoms with Crippen molar-refractivity contribution in [1.29, 1.82) is 0 Å². The van der Waals surface area contributed by atoms with E-state index in [1.807, 2.05) is 0 Å². The molecule has 0 unspecified atom stereocenters.